The normalized spacial score (nSPS) is 14.9. The highest BCUT2D eigenvalue weighted by atomic mass is 16.5. The topological polar surface area (TPSA) is 35.9 Å². The van der Waals surface area contributed by atoms with Gasteiger partial charge in [-0.1, -0.05) is 150 Å². The minimum Gasteiger partial charge on any atom is -0.458 e. The Morgan fingerprint density at radius 1 is 0.689 bits per heavy atom. The molecule has 10 rings (SSSR count). The zero-order valence-corrected chi connectivity index (χ0v) is 34.3. The molecule has 0 aliphatic carbocycles. The zero-order chi connectivity index (χ0) is 52.2. The highest BCUT2D eigenvalue weighted by Crippen LogP contribution is 2.39. The van der Waals surface area contributed by atoms with Gasteiger partial charge < -0.3 is 4.74 Å². The Hall–Kier alpha value is -7.24. The zero-order valence-electron chi connectivity index (χ0n) is 46.3. The number of fused-ring (bicyclic) bond motifs is 4. The van der Waals surface area contributed by atoms with Crippen LogP contribution in [0.25, 0.3) is 72.3 Å². The van der Waals surface area contributed by atoms with Crippen LogP contribution in [0.2, 0.25) is 0 Å². The summed E-state index contributed by atoms with van der Waals surface area (Å²) in [6.07, 6.45) is 3.48. The molecule has 61 heavy (non-hydrogen) atoms. The fourth-order valence-corrected chi connectivity index (χ4v) is 7.94. The van der Waals surface area contributed by atoms with Gasteiger partial charge in [-0.05, 0) is 106 Å². The average molecular weight is 805 g/mol. The monoisotopic (exact) mass is 804 g/mol. The van der Waals surface area contributed by atoms with Crippen LogP contribution >= 0.6 is 0 Å². The summed E-state index contributed by atoms with van der Waals surface area (Å²) in [5.41, 5.74) is 5.20. The minimum absolute atomic E-state index is 0.121. The molecule has 3 aromatic heterocycles. The molecule has 5 nitrogen and oxygen atoms in total. The number of hydrogen-bond donors (Lipinski definition) is 0. The molecule has 0 unspecified atom stereocenters. The van der Waals surface area contributed by atoms with Gasteiger partial charge in [-0.15, -0.1) is 0 Å². The number of rotatable bonds is 9. The van der Waals surface area contributed by atoms with Crippen LogP contribution in [0.1, 0.15) is 62.2 Å². The Bertz CT molecular complexity index is 3760. The lowest BCUT2D eigenvalue weighted by atomic mass is 9.86. The lowest BCUT2D eigenvalue weighted by Gasteiger charge is -2.19. The van der Waals surface area contributed by atoms with E-state index in [1.165, 1.54) is 0 Å². The average Bonchev–Trinajstić information content (AvgIpc) is 3.92. The van der Waals surface area contributed by atoms with Gasteiger partial charge in [-0.3, -0.25) is 13.7 Å². The van der Waals surface area contributed by atoms with Crippen LogP contribution in [0.4, 0.5) is 0 Å². The molecule has 0 saturated heterocycles. The van der Waals surface area contributed by atoms with Crippen LogP contribution < -0.4 is 9.30 Å². The van der Waals surface area contributed by atoms with Gasteiger partial charge in [0.2, 0.25) is 0 Å². The van der Waals surface area contributed by atoms with Crippen molar-refractivity contribution in [3.8, 4) is 50.9 Å². The number of para-hydroxylation sites is 3. The van der Waals surface area contributed by atoms with Gasteiger partial charge in [-0.2, -0.15) is 0 Å². The molecule has 0 bridgehead atoms. The quantitative estimate of drug-likeness (QED) is 0.108. The van der Waals surface area contributed by atoms with Crippen LogP contribution in [0.5, 0.6) is 11.5 Å². The van der Waals surface area contributed by atoms with Crippen molar-refractivity contribution in [1.29, 1.82) is 0 Å². The number of pyridine rings is 1. The van der Waals surface area contributed by atoms with Crippen molar-refractivity contribution in [2.45, 2.75) is 46.4 Å². The second-order valence-electron chi connectivity index (χ2n) is 16.3. The molecule has 0 fully saturated rings. The summed E-state index contributed by atoms with van der Waals surface area (Å²) in [6, 6.07) is 29.9. The third kappa shape index (κ3) is 7.16. The summed E-state index contributed by atoms with van der Waals surface area (Å²) in [5, 5.41) is 1.98. The smallest absolute Gasteiger partial charge is 0.269 e. The first-order chi connectivity index (χ1) is 34.6. The molecule has 7 aromatic carbocycles. The third-order valence-electron chi connectivity index (χ3n) is 10.7. The summed E-state index contributed by atoms with van der Waals surface area (Å²) < 4.78 is 117. The van der Waals surface area contributed by atoms with Crippen LogP contribution in [-0.4, -0.2) is 14.1 Å². The second-order valence-corrected chi connectivity index (χ2v) is 16.3. The van der Waals surface area contributed by atoms with Crippen molar-refractivity contribution < 1.29 is 25.8 Å². The van der Waals surface area contributed by atoms with Crippen molar-refractivity contribution in [3.63, 3.8) is 0 Å². The van der Waals surface area contributed by atoms with E-state index in [1.54, 1.807) is 45.7 Å². The molecule has 0 amide bonds. The van der Waals surface area contributed by atoms with Crippen molar-refractivity contribution in [2.24, 2.45) is 5.92 Å². The van der Waals surface area contributed by atoms with E-state index in [-0.39, 0.29) is 39.3 Å². The van der Waals surface area contributed by atoms with E-state index in [2.05, 4.69) is 45.3 Å². The van der Waals surface area contributed by atoms with Crippen LogP contribution in [-0.2, 0) is 11.8 Å². The van der Waals surface area contributed by atoms with E-state index in [4.69, 9.17) is 26.2 Å². The molecule has 0 spiro atoms. The Labute approximate surface area is 374 Å². The van der Waals surface area contributed by atoms with Gasteiger partial charge >= 0.3 is 0 Å². The second kappa shape index (κ2) is 15.4. The maximum absolute atomic E-state index is 9.02. The summed E-state index contributed by atoms with van der Waals surface area (Å²) in [7, 11) is 0. The first-order valence-electron chi connectivity index (χ1n) is 26.2. The maximum Gasteiger partial charge on any atom is 0.269 e. The SMILES string of the molecule is [2H]c1c([2H])c([2H])c(-c2cccc(-c3c([2H])c([2H])c([2H])c([2H])c3[2H])c2-[n+]2[c-]n(-c3cccc(Oc4ccc5c6cc(C(C)(C)C)ccc6n(-c6cc(C([2H])([2H])C(C)C)ccn6)c5c4)c3)c3ccccc32)c([2H])c1[2H]. The lowest BCUT2D eigenvalue weighted by molar-refractivity contribution is -0.571. The Kier molecular flexibility index (Phi) is 6.77. The lowest BCUT2D eigenvalue weighted by Crippen LogP contribution is -2.31. The molecule has 0 radical (unpaired) electrons. The van der Waals surface area contributed by atoms with E-state index < -0.39 is 66.8 Å². The third-order valence-corrected chi connectivity index (χ3v) is 10.7. The molecule has 3 heterocycles. The summed E-state index contributed by atoms with van der Waals surface area (Å²) in [4.78, 5) is 4.78. The fourth-order valence-electron chi connectivity index (χ4n) is 7.94. The molecule has 0 atom stereocenters. The highest BCUT2D eigenvalue weighted by Gasteiger charge is 2.22. The van der Waals surface area contributed by atoms with Crippen LogP contribution in [0, 0.1) is 12.2 Å². The van der Waals surface area contributed by atoms with Crippen molar-refractivity contribution in [1.82, 2.24) is 14.1 Å². The maximum atomic E-state index is 9.02. The van der Waals surface area contributed by atoms with Crippen molar-refractivity contribution >= 4 is 32.8 Å². The number of nitrogens with zero attached hydrogens (tertiary/aromatic N) is 4. The van der Waals surface area contributed by atoms with E-state index in [9.17, 15) is 0 Å². The van der Waals surface area contributed by atoms with E-state index in [1.807, 2.05) is 85.1 Å². The predicted molar refractivity (Wildman–Crippen MR) is 250 cm³/mol. The number of imidazole rings is 1. The van der Waals surface area contributed by atoms with Crippen molar-refractivity contribution in [2.75, 3.05) is 0 Å². The summed E-state index contributed by atoms with van der Waals surface area (Å²) in [5.74, 6) is 1.28. The molecule has 5 heteroatoms. The Balaban J connectivity index is 1.14. The number of hydrogen-bond acceptors (Lipinski definition) is 2. The minimum atomic E-state index is -1.60. The molecule has 0 saturated carbocycles. The molecule has 298 valence electrons. The Morgan fingerprint density at radius 2 is 1.39 bits per heavy atom. The standard InChI is InChI=1S/C56H48N4O/c1-38(2)32-39-30-31-57-54(33-39)60-50-29-26-42(56(3,4)5)34-49(50)48-28-27-45(36-53(48)60)61-44-21-14-20-43(35-44)58-37-59(52-25-13-12-24-51(52)58)55-46(40-16-8-6-9-17-40)22-15-23-47(55)41-18-10-7-11-19-41/h6-31,33-36,38H,32H2,1-5H3/i6D,7D,8D,9D,10D,11D,16D,17D,18D,19D,32D2. The van der Waals surface area contributed by atoms with E-state index >= 15 is 0 Å². The molecule has 0 aliphatic rings. The van der Waals surface area contributed by atoms with Crippen LogP contribution in [0.15, 0.2) is 182 Å². The first-order valence-corrected chi connectivity index (χ1v) is 20.2. The van der Waals surface area contributed by atoms with Gasteiger partial charge in [0.05, 0.1) is 47.1 Å². The summed E-state index contributed by atoms with van der Waals surface area (Å²) in [6.45, 7) is 10.2. The molecule has 0 aliphatic heterocycles. The van der Waals surface area contributed by atoms with Crippen molar-refractivity contribution in [3.05, 3.63) is 199 Å². The highest BCUT2D eigenvalue weighted by molar-refractivity contribution is 6.09. The van der Waals surface area contributed by atoms with Gasteiger partial charge in [0, 0.05) is 25.8 Å². The van der Waals surface area contributed by atoms with E-state index in [0.29, 0.717) is 39.6 Å². The number of benzene rings is 7. The molecular formula is C56H48N4O. The Morgan fingerprint density at radius 3 is 2.11 bits per heavy atom. The number of ether oxygens (including phenoxy) is 1. The van der Waals surface area contributed by atoms with Gasteiger partial charge in [0.1, 0.15) is 17.3 Å². The van der Waals surface area contributed by atoms with Gasteiger partial charge in [-0.25, -0.2) is 4.98 Å². The van der Waals surface area contributed by atoms with E-state index in [0.717, 1.165) is 27.4 Å². The van der Waals surface area contributed by atoms with Crippen LogP contribution in [0.3, 0.4) is 0 Å². The molecular weight excluding hydrogens is 745 g/mol. The van der Waals surface area contributed by atoms with Gasteiger partial charge in [0.15, 0.2) is 0 Å². The summed E-state index contributed by atoms with van der Waals surface area (Å²) >= 11 is 0. The molecule has 0 N–H and O–H groups in total. The van der Waals surface area contributed by atoms with Gasteiger partial charge in [0.25, 0.3) is 6.33 Å². The number of aromatic nitrogens is 4. The molecule has 10 aromatic rings. The first kappa shape index (κ1) is 26.8. The largest absolute Gasteiger partial charge is 0.458 e. The predicted octanol–water partition coefficient (Wildman–Crippen LogP) is 13.8. The fraction of sp³-hybridized carbons (Fsp3) is 0.143.